The molecule has 1 unspecified atom stereocenters. The fraction of sp³-hybridized carbons (Fsp3) is 0.250. The third-order valence-corrected chi connectivity index (χ3v) is 4.97. The molecule has 1 atom stereocenters. The van der Waals surface area contributed by atoms with E-state index < -0.39 is 0 Å². The van der Waals surface area contributed by atoms with Crippen LogP contribution in [0, 0.1) is 0 Å². The van der Waals surface area contributed by atoms with Gasteiger partial charge >= 0.3 is 0 Å². The highest BCUT2D eigenvalue weighted by Crippen LogP contribution is 2.38. The molecule has 1 heterocycles. The second kappa shape index (κ2) is 8.36. The second-order valence-electron chi connectivity index (χ2n) is 6.76. The Morgan fingerprint density at radius 1 is 0.929 bits per heavy atom. The molecule has 0 spiro atoms. The molecule has 1 N–H and O–H groups in total. The molecule has 3 aromatic rings. The van der Waals surface area contributed by atoms with E-state index in [9.17, 15) is 0 Å². The van der Waals surface area contributed by atoms with Crippen LogP contribution in [0.1, 0.15) is 29.7 Å². The molecular formula is C24H25NO3. The number of methoxy groups -OCH3 is 1. The van der Waals surface area contributed by atoms with Gasteiger partial charge in [0.2, 0.25) is 0 Å². The van der Waals surface area contributed by atoms with Gasteiger partial charge in [0.05, 0.1) is 19.8 Å². The molecule has 4 nitrogen and oxygen atoms in total. The van der Waals surface area contributed by atoms with Gasteiger partial charge in [0.15, 0.2) is 11.5 Å². The van der Waals surface area contributed by atoms with Crippen molar-refractivity contribution in [2.24, 2.45) is 0 Å². The minimum atomic E-state index is 0.125. The lowest BCUT2D eigenvalue weighted by molar-refractivity contribution is 0.309. The quantitative estimate of drug-likeness (QED) is 0.649. The van der Waals surface area contributed by atoms with Crippen LogP contribution in [0.25, 0.3) is 0 Å². The minimum Gasteiger partial charge on any atom is -0.493 e. The van der Waals surface area contributed by atoms with Gasteiger partial charge in [0.1, 0.15) is 11.5 Å². The summed E-state index contributed by atoms with van der Waals surface area (Å²) in [6.07, 6.45) is 0.976. The highest BCUT2D eigenvalue weighted by molar-refractivity contribution is 5.52. The lowest BCUT2D eigenvalue weighted by Crippen LogP contribution is -2.30. The van der Waals surface area contributed by atoms with Crippen molar-refractivity contribution >= 4 is 0 Å². The fourth-order valence-electron chi connectivity index (χ4n) is 3.64. The fourth-order valence-corrected chi connectivity index (χ4v) is 3.64. The number of nitrogens with one attached hydrogen (secondary N) is 1. The van der Waals surface area contributed by atoms with Crippen LogP contribution in [0.2, 0.25) is 0 Å². The number of fused-ring (bicyclic) bond motifs is 1. The van der Waals surface area contributed by atoms with Crippen LogP contribution >= 0.6 is 0 Å². The summed E-state index contributed by atoms with van der Waals surface area (Å²) in [6.45, 7) is 3.52. The maximum absolute atomic E-state index is 5.91. The summed E-state index contributed by atoms with van der Waals surface area (Å²) in [5, 5.41) is 3.63. The lowest BCUT2D eigenvalue weighted by atomic mass is 9.89. The van der Waals surface area contributed by atoms with Crippen molar-refractivity contribution in [3.63, 3.8) is 0 Å². The van der Waals surface area contributed by atoms with E-state index in [-0.39, 0.29) is 6.04 Å². The highest BCUT2D eigenvalue weighted by atomic mass is 16.5. The molecule has 1 aliphatic rings. The molecule has 0 saturated heterocycles. The van der Waals surface area contributed by atoms with Crippen LogP contribution in [0.3, 0.4) is 0 Å². The van der Waals surface area contributed by atoms with Crippen molar-refractivity contribution < 1.29 is 14.2 Å². The molecule has 4 heteroatoms. The number of para-hydroxylation sites is 1. The molecule has 0 saturated carbocycles. The van der Waals surface area contributed by atoms with E-state index in [2.05, 4.69) is 29.6 Å². The van der Waals surface area contributed by atoms with Gasteiger partial charge < -0.3 is 19.5 Å². The van der Waals surface area contributed by atoms with Crippen molar-refractivity contribution in [1.29, 1.82) is 0 Å². The molecule has 1 aliphatic heterocycles. The number of rotatable bonds is 6. The molecule has 0 amide bonds. The van der Waals surface area contributed by atoms with Gasteiger partial charge in [-0.15, -0.1) is 0 Å². The first-order valence-electron chi connectivity index (χ1n) is 9.68. The molecule has 0 fully saturated rings. The molecule has 0 aromatic heterocycles. The number of benzene rings is 3. The maximum atomic E-state index is 5.91. The molecule has 0 radical (unpaired) electrons. The zero-order valence-electron chi connectivity index (χ0n) is 16.3. The SMILES string of the molecule is CCOc1cc2c(cc1OC)CCNC2c1ccc(Oc2ccccc2)cc1. The van der Waals surface area contributed by atoms with Gasteiger partial charge in [-0.25, -0.2) is 0 Å². The molecule has 0 bridgehead atoms. The first-order chi connectivity index (χ1) is 13.8. The van der Waals surface area contributed by atoms with Crippen LogP contribution < -0.4 is 19.5 Å². The van der Waals surface area contributed by atoms with E-state index in [0.29, 0.717) is 6.61 Å². The molecule has 4 rings (SSSR count). The average Bonchev–Trinajstić information content (AvgIpc) is 2.74. The van der Waals surface area contributed by atoms with Crippen LogP contribution in [-0.4, -0.2) is 20.3 Å². The summed E-state index contributed by atoms with van der Waals surface area (Å²) in [7, 11) is 1.69. The Balaban J connectivity index is 1.61. The summed E-state index contributed by atoms with van der Waals surface area (Å²) in [5.41, 5.74) is 3.75. The summed E-state index contributed by atoms with van der Waals surface area (Å²) < 4.78 is 17.2. The van der Waals surface area contributed by atoms with E-state index in [0.717, 1.165) is 36.0 Å². The topological polar surface area (TPSA) is 39.7 Å². The minimum absolute atomic E-state index is 0.125. The van der Waals surface area contributed by atoms with Crippen molar-refractivity contribution in [3.05, 3.63) is 83.4 Å². The molecule has 3 aromatic carbocycles. The third kappa shape index (κ3) is 3.82. The Morgan fingerprint density at radius 2 is 1.68 bits per heavy atom. The van der Waals surface area contributed by atoms with Crippen molar-refractivity contribution in [3.8, 4) is 23.0 Å². The molecule has 28 heavy (non-hydrogen) atoms. The Hall–Kier alpha value is -2.98. The summed E-state index contributed by atoms with van der Waals surface area (Å²) >= 11 is 0. The van der Waals surface area contributed by atoms with Crippen molar-refractivity contribution in [1.82, 2.24) is 5.32 Å². The normalized spacial score (nSPS) is 15.6. The summed E-state index contributed by atoms with van der Waals surface area (Å²) in [6, 6.07) is 22.5. The Morgan fingerprint density at radius 3 is 2.39 bits per heavy atom. The summed E-state index contributed by atoms with van der Waals surface area (Å²) in [4.78, 5) is 0. The summed E-state index contributed by atoms with van der Waals surface area (Å²) in [5.74, 6) is 3.26. The smallest absolute Gasteiger partial charge is 0.161 e. The van der Waals surface area contributed by atoms with E-state index >= 15 is 0 Å². The van der Waals surface area contributed by atoms with Crippen LogP contribution in [0.4, 0.5) is 0 Å². The van der Waals surface area contributed by atoms with Crippen LogP contribution in [0.5, 0.6) is 23.0 Å². The second-order valence-corrected chi connectivity index (χ2v) is 6.76. The predicted octanol–water partition coefficient (Wildman–Crippen LogP) is 5.12. The van der Waals surface area contributed by atoms with E-state index in [4.69, 9.17) is 14.2 Å². The standard InChI is InChI=1S/C24H25NO3/c1-3-27-23-16-21-18(15-22(23)26-2)13-14-25-24(21)17-9-11-20(12-10-17)28-19-7-5-4-6-8-19/h4-12,15-16,24-25H,3,13-14H2,1-2H3. The maximum Gasteiger partial charge on any atom is 0.161 e. The van der Waals surface area contributed by atoms with Crippen molar-refractivity contribution in [2.75, 3.05) is 20.3 Å². The van der Waals surface area contributed by atoms with E-state index in [1.807, 2.05) is 49.4 Å². The number of hydrogen-bond acceptors (Lipinski definition) is 4. The predicted molar refractivity (Wildman–Crippen MR) is 111 cm³/mol. The zero-order chi connectivity index (χ0) is 19.3. The molecule has 144 valence electrons. The first kappa shape index (κ1) is 18.4. The first-order valence-corrected chi connectivity index (χ1v) is 9.68. The highest BCUT2D eigenvalue weighted by Gasteiger charge is 2.24. The van der Waals surface area contributed by atoms with Gasteiger partial charge in [-0.1, -0.05) is 30.3 Å². The van der Waals surface area contributed by atoms with E-state index in [1.165, 1.54) is 16.7 Å². The van der Waals surface area contributed by atoms with Crippen LogP contribution in [0.15, 0.2) is 66.7 Å². The van der Waals surface area contributed by atoms with Gasteiger partial charge in [0, 0.05) is 6.54 Å². The zero-order valence-corrected chi connectivity index (χ0v) is 16.3. The van der Waals surface area contributed by atoms with Crippen LogP contribution in [-0.2, 0) is 6.42 Å². The molecular weight excluding hydrogens is 350 g/mol. The largest absolute Gasteiger partial charge is 0.493 e. The van der Waals surface area contributed by atoms with Crippen molar-refractivity contribution in [2.45, 2.75) is 19.4 Å². The van der Waals surface area contributed by atoms with Gasteiger partial charge in [0.25, 0.3) is 0 Å². The molecule has 0 aliphatic carbocycles. The van der Waals surface area contributed by atoms with Gasteiger partial charge in [-0.2, -0.15) is 0 Å². The third-order valence-electron chi connectivity index (χ3n) is 4.97. The Kier molecular flexibility index (Phi) is 5.49. The Labute approximate surface area is 166 Å². The Bertz CT molecular complexity index is 923. The van der Waals surface area contributed by atoms with E-state index in [1.54, 1.807) is 7.11 Å². The lowest BCUT2D eigenvalue weighted by Gasteiger charge is -2.28. The van der Waals surface area contributed by atoms with Gasteiger partial charge in [-0.05, 0) is 66.4 Å². The number of hydrogen-bond donors (Lipinski definition) is 1. The monoisotopic (exact) mass is 375 g/mol. The van der Waals surface area contributed by atoms with Gasteiger partial charge in [-0.3, -0.25) is 0 Å². The average molecular weight is 375 g/mol. The number of ether oxygens (including phenoxy) is 3.